The molecule has 11 aromatic rings. The molecule has 9 aromatic carbocycles. The molecule has 2 aromatic heterocycles. The Bertz CT molecular complexity index is 3430. The summed E-state index contributed by atoms with van der Waals surface area (Å²) in [7, 11) is 0. The molecule has 0 saturated heterocycles. The smallest absolute Gasteiger partial charge is 0.235 e. The van der Waals surface area contributed by atoms with Crippen molar-refractivity contribution in [1.82, 2.24) is 14.5 Å². The van der Waals surface area contributed by atoms with Gasteiger partial charge in [0.1, 0.15) is 0 Å². The van der Waals surface area contributed by atoms with E-state index in [2.05, 4.69) is 222 Å². The fraction of sp³-hybridized carbons (Fsp3) is 0. The van der Waals surface area contributed by atoms with Gasteiger partial charge in [0.25, 0.3) is 0 Å². The molecule has 12 rings (SSSR count). The fourth-order valence-electron chi connectivity index (χ4n) is 8.88. The highest BCUT2D eigenvalue weighted by molar-refractivity contribution is 7.99. The molecule has 0 spiro atoms. The van der Waals surface area contributed by atoms with Crippen molar-refractivity contribution in [2.45, 2.75) is 9.79 Å². The minimum Gasteiger partial charge on any atom is -0.308 e. The molecule has 5 heteroatoms. The van der Waals surface area contributed by atoms with Gasteiger partial charge in [0.15, 0.2) is 0 Å². The summed E-state index contributed by atoms with van der Waals surface area (Å²) in [5.74, 6) is 0.632. The zero-order valence-corrected chi connectivity index (χ0v) is 33.8. The summed E-state index contributed by atoms with van der Waals surface area (Å²) >= 11 is 1.83. The van der Waals surface area contributed by atoms with Crippen LogP contribution in [0.15, 0.2) is 228 Å². The topological polar surface area (TPSA) is 34.0 Å². The molecule has 1 aliphatic heterocycles. The average molecular weight is 797 g/mol. The monoisotopic (exact) mass is 796 g/mol. The summed E-state index contributed by atoms with van der Waals surface area (Å²) in [6, 6.07) is 78.0. The van der Waals surface area contributed by atoms with Gasteiger partial charge in [-0.15, -0.1) is 0 Å². The molecule has 286 valence electrons. The Hall–Kier alpha value is -7.73. The predicted molar refractivity (Wildman–Crippen MR) is 254 cm³/mol. The van der Waals surface area contributed by atoms with Gasteiger partial charge in [-0.3, -0.25) is 4.57 Å². The van der Waals surface area contributed by atoms with Crippen LogP contribution in [0.25, 0.3) is 83.3 Å². The summed E-state index contributed by atoms with van der Waals surface area (Å²) in [6.07, 6.45) is 0. The summed E-state index contributed by atoms with van der Waals surface area (Å²) in [4.78, 5) is 15.6. The van der Waals surface area contributed by atoms with Gasteiger partial charge in [-0.2, -0.15) is 0 Å². The molecule has 0 amide bonds. The largest absolute Gasteiger partial charge is 0.308 e. The number of rotatable bonds is 6. The zero-order valence-electron chi connectivity index (χ0n) is 33.0. The van der Waals surface area contributed by atoms with Gasteiger partial charge in [0.05, 0.1) is 33.8 Å². The van der Waals surface area contributed by atoms with Crippen LogP contribution in [-0.4, -0.2) is 14.5 Å². The van der Waals surface area contributed by atoms with Crippen LogP contribution in [0.4, 0.5) is 17.1 Å². The first-order chi connectivity index (χ1) is 30.2. The molecule has 61 heavy (non-hydrogen) atoms. The minimum absolute atomic E-state index is 0.632. The normalized spacial score (nSPS) is 12.2. The molecule has 0 N–H and O–H groups in total. The molecule has 0 radical (unpaired) electrons. The lowest BCUT2D eigenvalue weighted by atomic mass is 10.0. The molecule has 0 saturated carbocycles. The molecule has 0 atom stereocenters. The Kier molecular flexibility index (Phi) is 8.39. The van der Waals surface area contributed by atoms with Gasteiger partial charge in [-0.1, -0.05) is 176 Å². The van der Waals surface area contributed by atoms with Gasteiger partial charge in [-0.05, 0) is 87.6 Å². The quantitative estimate of drug-likeness (QED) is 0.168. The van der Waals surface area contributed by atoms with E-state index in [1.807, 2.05) is 17.8 Å². The highest BCUT2D eigenvalue weighted by Crippen LogP contribution is 2.52. The van der Waals surface area contributed by atoms with Gasteiger partial charge >= 0.3 is 0 Å². The van der Waals surface area contributed by atoms with E-state index >= 15 is 0 Å². The van der Waals surface area contributed by atoms with E-state index in [0.29, 0.717) is 5.95 Å². The molecule has 0 unspecified atom stereocenters. The second-order valence-corrected chi connectivity index (χ2v) is 16.5. The number of nitrogens with zero attached hydrogens (tertiary/aromatic N) is 4. The number of fused-ring (bicyclic) bond motifs is 7. The Morgan fingerprint density at radius 2 is 0.934 bits per heavy atom. The maximum absolute atomic E-state index is 5.42. The summed E-state index contributed by atoms with van der Waals surface area (Å²) < 4.78 is 2.27. The number of hydrogen-bond donors (Lipinski definition) is 0. The van der Waals surface area contributed by atoms with E-state index in [4.69, 9.17) is 9.97 Å². The second kappa shape index (κ2) is 14.5. The van der Waals surface area contributed by atoms with Crippen molar-refractivity contribution in [1.29, 1.82) is 0 Å². The van der Waals surface area contributed by atoms with E-state index in [1.165, 1.54) is 48.5 Å². The molecule has 4 nitrogen and oxygen atoms in total. The van der Waals surface area contributed by atoms with E-state index < -0.39 is 0 Å². The van der Waals surface area contributed by atoms with Crippen LogP contribution in [0.3, 0.4) is 0 Å². The third-order valence-corrected chi connectivity index (χ3v) is 12.9. The Morgan fingerprint density at radius 1 is 0.361 bits per heavy atom. The third kappa shape index (κ3) is 6.09. The average Bonchev–Trinajstić information content (AvgIpc) is 3.68. The maximum atomic E-state index is 5.42. The SMILES string of the molecule is c1ccc(-c2ccc(-c3cc(-c4ccccc4)nc(-n4c5cc(-c6ccc7c(c6)Sc6ccccc6N7c6ccccc6)ccc5c5c6ccccc6ccc54)n3)cc2)cc1. The van der Waals surface area contributed by atoms with Crippen molar-refractivity contribution in [3.8, 4) is 50.7 Å². The first-order valence-corrected chi connectivity index (χ1v) is 21.4. The lowest BCUT2D eigenvalue weighted by Crippen LogP contribution is -2.14. The van der Waals surface area contributed by atoms with Gasteiger partial charge in [-0.25, -0.2) is 9.97 Å². The molecular formula is C56H36N4S. The van der Waals surface area contributed by atoms with Crippen molar-refractivity contribution < 1.29 is 0 Å². The fourth-order valence-corrected chi connectivity index (χ4v) is 9.97. The standard InChI is InChI=1S/C56H36N4S/c1-4-14-37(15-5-1)38-24-26-41(27-25-38)48-36-47(40-17-6-2-7-18-40)57-56(58-48)60-51-33-29-39-16-10-11-21-45(39)55(51)46-31-28-42(34-52(46)60)43-30-32-50-54(35-43)61-53-23-13-12-22-49(53)59(50)44-19-8-3-9-20-44/h1-36H. The van der Waals surface area contributed by atoms with E-state index in [0.717, 1.165) is 55.7 Å². The summed E-state index contributed by atoms with van der Waals surface area (Å²) in [5.41, 5.74) is 14.1. The number of para-hydroxylation sites is 2. The highest BCUT2D eigenvalue weighted by atomic mass is 32.2. The van der Waals surface area contributed by atoms with E-state index in [-0.39, 0.29) is 0 Å². The van der Waals surface area contributed by atoms with Crippen molar-refractivity contribution in [2.24, 2.45) is 0 Å². The third-order valence-electron chi connectivity index (χ3n) is 11.8. The summed E-state index contributed by atoms with van der Waals surface area (Å²) in [6.45, 7) is 0. The first-order valence-electron chi connectivity index (χ1n) is 20.6. The van der Waals surface area contributed by atoms with Crippen LogP contribution >= 0.6 is 11.8 Å². The van der Waals surface area contributed by atoms with Crippen LogP contribution in [0.1, 0.15) is 0 Å². The Labute approximate surface area is 358 Å². The lowest BCUT2D eigenvalue weighted by Gasteiger charge is -2.33. The number of anilines is 3. The van der Waals surface area contributed by atoms with Crippen LogP contribution in [0.2, 0.25) is 0 Å². The first kappa shape index (κ1) is 35.2. The zero-order chi connectivity index (χ0) is 40.3. The number of hydrogen-bond acceptors (Lipinski definition) is 4. The highest BCUT2D eigenvalue weighted by Gasteiger charge is 2.26. The predicted octanol–water partition coefficient (Wildman–Crippen LogP) is 15.3. The van der Waals surface area contributed by atoms with Crippen LogP contribution in [0.5, 0.6) is 0 Å². The van der Waals surface area contributed by atoms with Crippen molar-refractivity contribution in [2.75, 3.05) is 4.90 Å². The molecule has 0 bridgehead atoms. The molecule has 0 fully saturated rings. The van der Waals surface area contributed by atoms with Crippen LogP contribution in [0, 0.1) is 0 Å². The van der Waals surface area contributed by atoms with E-state index in [9.17, 15) is 0 Å². The van der Waals surface area contributed by atoms with Crippen LogP contribution in [-0.2, 0) is 0 Å². The van der Waals surface area contributed by atoms with Crippen LogP contribution < -0.4 is 4.90 Å². The summed E-state index contributed by atoms with van der Waals surface area (Å²) in [5, 5.41) is 4.76. The Morgan fingerprint density at radius 3 is 1.72 bits per heavy atom. The molecular weight excluding hydrogens is 761 g/mol. The number of aromatic nitrogens is 3. The van der Waals surface area contributed by atoms with E-state index in [1.54, 1.807) is 0 Å². The number of benzene rings is 9. The molecule has 0 aliphatic carbocycles. The second-order valence-electron chi connectivity index (χ2n) is 15.4. The van der Waals surface area contributed by atoms with Gasteiger partial charge < -0.3 is 4.90 Å². The lowest BCUT2D eigenvalue weighted by molar-refractivity contribution is 0.996. The van der Waals surface area contributed by atoms with Gasteiger partial charge in [0, 0.05) is 37.4 Å². The molecule has 3 heterocycles. The Balaban J connectivity index is 1.06. The van der Waals surface area contributed by atoms with Gasteiger partial charge in [0.2, 0.25) is 5.95 Å². The van der Waals surface area contributed by atoms with Crippen molar-refractivity contribution in [3.63, 3.8) is 0 Å². The molecule has 1 aliphatic rings. The maximum Gasteiger partial charge on any atom is 0.235 e. The van der Waals surface area contributed by atoms with Crippen molar-refractivity contribution in [3.05, 3.63) is 218 Å². The van der Waals surface area contributed by atoms with Crippen molar-refractivity contribution >= 4 is 61.4 Å². The minimum atomic E-state index is 0.632.